The van der Waals surface area contributed by atoms with Crippen molar-refractivity contribution >= 4 is 11.8 Å². The van der Waals surface area contributed by atoms with Gasteiger partial charge in [-0.15, -0.1) is 0 Å². The van der Waals surface area contributed by atoms with E-state index in [0.717, 1.165) is 18.4 Å². The molecule has 0 spiro atoms. The van der Waals surface area contributed by atoms with E-state index < -0.39 is 6.09 Å². The highest BCUT2D eigenvalue weighted by Gasteiger charge is 2.11. The molecule has 0 aliphatic rings. The second kappa shape index (κ2) is 16.7. The van der Waals surface area contributed by atoms with Crippen molar-refractivity contribution in [2.75, 3.05) is 7.05 Å². The number of rotatable bonds is 16. The smallest absolute Gasteiger partial charge is 0.433 e. The lowest BCUT2D eigenvalue weighted by atomic mass is 10.00. The lowest BCUT2D eigenvalue weighted by Crippen LogP contribution is -2.18. The predicted molar refractivity (Wildman–Crippen MR) is 125 cm³/mol. The van der Waals surface area contributed by atoms with Crippen LogP contribution in [0.5, 0.6) is 5.75 Å². The molecule has 0 fully saturated rings. The molecule has 0 aliphatic heterocycles. The average molecular weight is 419 g/mol. The van der Waals surface area contributed by atoms with Crippen molar-refractivity contribution in [2.45, 2.75) is 104 Å². The highest BCUT2D eigenvalue weighted by Crippen LogP contribution is 2.22. The number of hydrogen-bond acceptors (Lipinski definition) is 4. The minimum Gasteiger partial charge on any atom is -0.507 e. The third-order valence-electron chi connectivity index (χ3n) is 5.42. The van der Waals surface area contributed by atoms with Crippen molar-refractivity contribution in [1.82, 2.24) is 5.32 Å². The van der Waals surface area contributed by atoms with Gasteiger partial charge in [0.15, 0.2) is 0 Å². The zero-order valence-corrected chi connectivity index (χ0v) is 19.3. The molecule has 0 heterocycles. The van der Waals surface area contributed by atoms with Gasteiger partial charge in [0.2, 0.25) is 0 Å². The summed E-state index contributed by atoms with van der Waals surface area (Å²) in [5.41, 5.74) is 2.28. The summed E-state index contributed by atoms with van der Waals surface area (Å²) in [6.07, 6.45) is 16.9. The molecule has 5 heteroatoms. The summed E-state index contributed by atoms with van der Waals surface area (Å²) in [4.78, 5) is 16.3. The van der Waals surface area contributed by atoms with E-state index in [2.05, 4.69) is 17.4 Å². The largest absolute Gasteiger partial charge is 0.507 e. The van der Waals surface area contributed by atoms with Gasteiger partial charge >= 0.3 is 6.09 Å². The molecular formula is C25H42N2O3. The molecule has 1 amide bonds. The van der Waals surface area contributed by atoms with Gasteiger partial charge in [-0.25, -0.2) is 4.79 Å². The van der Waals surface area contributed by atoms with Gasteiger partial charge in [0.1, 0.15) is 5.75 Å². The van der Waals surface area contributed by atoms with Crippen molar-refractivity contribution in [2.24, 2.45) is 5.16 Å². The number of nitrogens with zero attached hydrogens (tertiary/aromatic N) is 1. The van der Waals surface area contributed by atoms with Crippen molar-refractivity contribution in [3.63, 3.8) is 0 Å². The molecule has 0 saturated heterocycles. The van der Waals surface area contributed by atoms with Gasteiger partial charge in [0.05, 0.1) is 5.71 Å². The number of unbranched alkanes of at least 4 members (excludes halogenated alkanes) is 12. The minimum absolute atomic E-state index is 0.162. The summed E-state index contributed by atoms with van der Waals surface area (Å²) in [6, 6.07) is 5.38. The number of aromatic hydroxyl groups is 1. The van der Waals surface area contributed by atoms with Crippen LogP contribution in [-0.2, 0) is 4.84 Å². The molecule has 0 radical (unpaired) electrons. The van der Waals surface area contributed by atoms with E-state index >= 15 is 0 Å². The maximum Gasteiger partial charge on any atom is 0.433 e. The van der Waals surface area contributed by atoms with Crippen molar-refractivity contribution in [3.05, 3.63) is 29.3 Å². The van der Waals surface area contributed by atoms with Crippen molar-refractivity contribution in [1.29, 1.82) is 0 Å². The van der Waals surface area contributed by atoms with Gasteiger partial charge in [0.25, 0.3) is 0 Å². The topological polar surface area (TPSA) is 70.9 Å². The van der Waals surface area contributed by atoms with Crippen LogP contribution in [-0.4, -0.2) is 24.0 Å². The number of carbonyl (C=O) groups is 1. The molecule has 2 N–H and O–H groups in total. The molecule has 1 aromatic rings. The quantitative estimate of drug-likeness (QED) is 0.129. The maximum absolute atomic E-state index is 11.4. The molecular weight excluding hydrogens is 376 g/mol. The molecule has 170 valence electrons. The Labute approximate surface area is 183 Å². The number of benzene rings is 1. The van der Waals surface area contributed by atoms with Crippen LogP contribution in [0.4, 0.5) is 4.79 Å². The zero-order chi connectivity index (χ0) is 22.0. The van der Waals surface area contributed by atoms with Crippen molar-refractivity contribution in [3.8, 4) is 5.75 Å². The molecule has 5 nitrogen and oxygen atoms in total. The van der Waals surface area contributed by atoms with E-state index in [4.69, 9.17) is 4.84 Å². The van der Waals surface area contributed by atoms with Crippen LogP contribution in [0.2, 0.25) is 0 Å². The molecule has 0 aliphatic carbocycles. The second-order valence-electron chi connectivity index (χ2n) is 8.18. The fraction of sp³-hybridized carbons (Fsp3) is 0.680. The first-order valence-corrected chi connectivity index (χ1v) is 11.8. The molecule has 0 aromatic heterocycles. The molecule has 30 heavy (non-hydrogen) atoms. The summed E-state index contributed by atoms with van der Waals surface area (Å²) in [6.45, 7) is 4.23. The Balaban J connectivity index is 2.28. The van der Waals surface area contributed by atoms with E-state index in [-0.39, 0.29) is 5.75 Å². The van der Waals surface area contributed by atoms with Crippen LogP contribution >= 0.6 is 0 Å². The third-order valence-corrected chi connectivity index (χ3v) is 5.42. The minimum atomic E-state index is -0.606. The first kappa shape index (κ1) is 26.0. The van der Waals surface area contributed by atoms with Crippen molar-refractivity contribution < 1.29 is 14.7 Å². The molecule has 0 saturated carbocycles. The van der Waals surface area contributed by atoms with Crippen LogP contribution in [0.25, 0.3) is 0 Å². The SMILES string of the molecule is CCCCCCCCCCCCCCC/C(=N/OC(=O)NC)c1cc(C)ccc1O. The summed E-state index contributed by atoms with van der Waals surface area (Å²) < 4.78 is 0. The maximum atomic E-state index is 11.4. The van der Waals surface area contributed by atoms with E-state index in [0.29, 0.717) is 17.7 Å². The van der Waals surface area contributed by atoms with Crippen LogP contribution in [0, 0.1) is 6.92 Å². The first-order valence-electron chi connectivity index (χ1n) is 11.8. The lowest BCUT2D eigenvalue weighted by molar-refractivity contribution is 0.153. The summed E-state index contributed by atoms with van der Waals surface area (Å²) >= 11 is 0. The van der Waals surface area contributed by atoms with E-state index in [1.165, 1.54) is 77.7 Å². The Bertz CT molecular complexity index is 629. The van der Waals surface area contributed by atoms with E-state index in [9.17, 15) is 9.90 Å². The summed E-state index contributed by atoms with van der Waals surface area (Å²) in [5, 5.41) is 16.6. The Morgan fingerprint density at radius 1 is 0.933 bits per heavy atom. The van der Waals surface area contributed by atoms with Gasteiger partial charge in [0, 0.05) is 12.6 Å². The fourth-order valence-electron chi connectivity index (χ4n) is 3.56. The molecule has 0 bridgehead atoms. The van der Waals surface area contributed by atoms with Gasteiger partial charge in [-0.3, -0.25) is 4.84 Å². The van der Waals surface area contributed by atoms with Gasteiger partial charge in [-0.2, -0.15) is 0 Å². The van der Waals surface area contributed by atoms with Gasteiger partial charge in [-0.05, 0) is 31.9 Å². The second-order valence-corrected chi connectivity index (χ2v) is 8.18. The Morgan fingerprint density at radius 3 is 2.00 bits per heavy atom. The Kier molecular flexibility index (Phi) is 14.5. The Hall–Kier alpha value is -2.04. The number of amides is 1. The number of oxime groups is 1. The van der Waals surface area contributed by atoms with Gasteiger partial charge < -0.3 is 10.4 Å². The predicted octanol–water partition coefficient (Wildman–Crippen LogP) is 7.24. The molecule has 0 atom stereocenters. The number of carbonyl (C=O) groups excluding carboxylic acids is 1. The standard InChI is InChI=1S/C25H42N2O3/c1-4-5-6-7-8-9-10-11-12-13-14-15-16-17-23(27-30-25(29)26-3)22-20-21(2)18-19-24(22)28/h18-20,28H,4-17H2,1-3H3,(H,26,29)/b27-23-. The third kappa shape index (κ3) is 11.8. The average Bonchev–Trinajstić information content (AvgIpc) is 2.75. The number of phenols is 1. The number of nitrogens with one attached hydrogen (secondary N) is 1. The lowest BCUT2D eigenvalue weighted by Gasteiger charge is -2.09. The van der Waals surface area contributed by atoms with Crippen LogP contribution in [0.15, 0.2) is 23.4 Å². The summed E-state index contributed by atoms with van der Waals surface area (Å²) in [7, 11) is 1.49. The molecule has 1 aromatic carbocycles. The number of phenolic OH excluding ortho intramolecular Hbond substituents is 1. The van der Waals surface area contributed by atoms with E-state index in [1.54, 1.807) is 6.07 Å². The fourth-order valence-corrected chi connectivity index (χ4v) is 3.56. The number of hydrogen-bond donors (Lipinski definition) is 2. The normalized spacial score (nSPS) is 11.5. The Morgan fingerprint density at radius 2 is 1.47 bits per heavy atom. The highest BCUT2D eigenvalue weighted by molar-refractivity contribution is 6.02. The number of aryl methyl sites for hydroxylation is 1. The van der Waals surface area contributed by atoms with E-state index in [1.807, 2.05) is 19.1 Å². The molecule has 0 unspecified atom stereocenters. The summed E-state index contributed by atoms with van der Waals surface area (Å²) in [5.74, 6) is 0.162. The zero-order valence-electron chi connectivity index (χ0n) is 19.3. The van der Waals surface area contributed by atoms with Crippen LogP contribution < -0.4 is 5.32 Å². The monoisotopic (exact) mass is 418 g/mol. The van der Waals surface area contributed by atoms with Gasteiger partial charge in [-0.1, -0.05) is 101 Å². The van der Waals surface area contributed by atoms with Crippen LogP contribution in [0.3, 0.4) is 0 Å². The molecule has 1 rings (SSSR count). The van der Waals surface area contributed by atoms with Crippen LogP contribution in [0.1, 0.15) is 108 Å². The highest BCUT2D eigenvalue weighted by atomic mass is 16.7. The first-order chi connectivity index (χ1) is 14.6.